The number of carbonyl (C=O) groups excluding carboxylic acids is 1. The predicted octanol–water partition coefficient (Wildman–Crippen LogP) is 0.172. The molecule has 0 saturated carbocycles. The Morgan fingerprint density at radius 3 is 2.70 bits per heavy atom. The van der Waals surface area contributed by atoms with Crippen molar-refractivity contribution in [1.82, 2.24) is 5.32 Å². The van der Waals surface area contributed by atoms with Gasteiger partial charge in [0.15, 0.2) is 0 Å². The third kappa shape index (κ3) is 1.70. The number of nitrogens with zero attached hydrogens (tertiary/aromatic N) is 1. The minimum absolute atomic E-state index is 0.0394. The molecule has 3 heteroatoms. The second-order valence-electron chi connectivity index (χ2n) is 2.71. The maximum Gasteiger partial charge on any atom is 0.302 e. The van der Waals surface area contributed by atoms with Crippen LogP contribution in [-0.4, -0.2) is 25.2 Å². The van der Waals surface area contributed by atoms with Gasteiger partial charge in [0, 0.05) is 19.4 Å². The molecule has 1 aliphatic rings. The summed E-state index contributed by atoms with van der Waals surface area (Å²) in [6, 6.07) is 0. The Hall–Kier alpha value is -0.570. The second-order valence-corrected chi connectivity index (χ2v) is 2.71. The zero-order valence-corrected chi connectivity index (χ0v) is 6.33. The van der Waals surface area contributed by atoms with E-state index in [4.69, 9.17) is 4.74 Å². The molecule has 1 fully saturated rings. The first-order chi connectivity index (χ1) is 4.70. The highest BCUT2D eigenvalue weighted by atomic mass is 16.5. The smallest absolute Gasteiger partial charge is 0.302 e. The predicted molar refractivity (Wildman–Crippen MR) is 36.6 cm³/mol. The number of carbonyl (C=O) groups is 1. The summed E-state index contributed by atoms with van der Waals surface area (Å²) < 4.78 is 4.99. The molecule has 3 nitrogen and oxygen atoms in total. The average molecular weight is 142 g/mol. The molecule has 1 saturated heterocycles. The van der Waals surface area contributed by atoms with E-state index in [0.29, 0.717) is 12.5 Å². The maximum absolute atomic E-state index is 10.5. The van der Waals surface area contributed by atoms with E-state index in [1.54, 1.807) is 0 Å². The van der Waals surface area contributed by atoms with E-state index in [9.17, 15) is 4.79 Å². The van der Waals surface area contributed by atoms with E-state index in [0.717, 1.165) is 6.54 Å². The maximum atomic E-state index is 10.5. The molecule has 0 bridgehead atoms. The lowest BCUT2D eigenvalue weighted by molar-refractivity contribution is -0.146. The molecule has 1 radical (unpaired) electrons. The third-order valence-corrected chi connectivity index (χ3v) is 1.68. The molecule has 0 aromatic carbocycles. The molecule has 2 unspecified atom stereocenters. The molecule has 10 heavy (non-hydrogen) atoms. The highest BCUT2D eigenvalue weighted by molar-refractivity contribution is 5.66. The van der Waals surface area contributed by atoms with Crippen LogP contribution in [-0.2, 0) is 9.53 Å². The van der Waals surface area contributed by atoms with Crippen molar-refractivity contribution in [3.05, 3.63) is 0 Å². The van der Waals surface area contributed by atoms with Crippen LogP contribution in [0.2, 0.25) is 0 Å². The molecular weight excluding hydrogens is 130 g/mol. The Morgan fingerprint density at radius 2 is 2.30 bits per heavy atom. The first kappa shape index (κ1) is 7.54. The van der Waals surface area contributed by atoms with E-state index < -0.39 is 0 Å². The number of ether oxygens (including phenoxy) is 1. The van der Waals surface area contributed by atoms with Crippen molar-refractivity contribution in [3.8, 4) is 0 Å². The minimum Gasteiger partial charge on any atom is -0.461 e. The van der Waals surface area contributed by atoms with Crippen LogP contribution in [0.25, 0.3) is 0 Å². The van der Waals surface area contributed by atoms with Crippen LogP contribution < -0.4 is 5.32 Å². The minimum atomic E-state index is -0.200. The second kappa shape index (κ2) is 3.01. The Morgan fingerprint density at radius 1 is 1.60 bits per heavy atom. The standard InChI is InChI=1S/C7H12NO2/c1-5-3-8-4-7(5)10-6(2)9/h5,7H,3-4H2,1-2H3. The van der Waals surface area contributed by atoms with Gasteiger partial charge >= 0.3 is 5.97 Å². The monoisotopic (exact) mass is 142 g/mol. The Labute approximate surface area is 60.7 Å². The van der Waals surface area contributed by atoms with Gasteiger partial charge in [0.05, 0.1) is 6.54 Å². The molecule has 1 aliphatic heterocycles. The van der Waals surface area contributed by atoms with Crippen LogP contribution in [0, 0.1) is 5.92 Å². The molecule has 57 valence electrons. The summed E-state index contributed by atoms with van der Waals surface area (Å²) >= 11 is 0. The van der Waals surface area contributed by atoms with Crippen LogP contribution in [0.5, 0.6) is 0 Å². The topological polar surface area (TPSA) is 40.4 Å². The lowest BCUT2D eigenvalue weighted by atomic mass is 10.1. The van der Waals surface area contributed by atoms with Crippen molar-refractivity contribution in [1.29, 1.82) is 0 Å². The highest BCUT2D eigenvalue weighted by Crippen LogP contribution is 2.12. The van der Waals surface area contributed by atoms with Crippen LogP contribution in [0.15, 0.2) is 0 Å². The van der Waals surface area contributed by atoms with Crippen molar-refractivity contribution >= 4 is 5.97 Å². The highest BCUT2D eigenvalue weighted by Gasteiger charge is 2.26. The number of hydrogen-bond donors (Lipinski definition) is 0. The van der Waals surface area contributed by atoms with Crippen molar-refractivity contribution < 1.29 is 9.53 Å². The van der Waals surface area contributed by atoms with Gasteiger partial charge in [-0.05, 0) is 0 Å². The van der Waals surface area contributed by atoms with Gasteiger partial charge in [-0.1, -0.05) is 6.92 Å². The van der Waals surface area contributed by atoms with Gasteiger partial charge in [-0.3, -0.25) is 4.79 Å². The molecule has 0 aromatic rings. The van der Waals surface area contributed by atoms with E-state index >= 15 is 0 Å². The van der Waals surface area contributed by atoms with Crippen LogP contribution >= 0.6 is 0 Å². The largest absolute Gasteiger partial charge is 0.461 e. The number of esters is 1. The molecule has 0 spiro atoms. The Balaban J connectivity index is 2.33. The molecule has 2 atom stereocenters. The summed E-state index contributed by atoms with van der Waals surface area (Å²) in [6.45, 7) is 4.99. The zero-order valence-electron chi connectivity index (χ0n) is 6.33. The quantitative estimate of drug-likeness (QED) is 0.490. The van der Waals surface area contributed by atoms with Crippen molar-refractivity contribution in [2.45, 2.75) is 20.0 Å². The Bertz CT molecular complexity index is 136. The van der Waals surface area contributed by atoms with E-state index in [-0.39, 0.29) is 12.1 Å². The van der Waals surface area contributed by atoms with Crippen molar-refractivity contribution in [2.24, 2.45) is 5.92 Å². The molecule has 0 N–H and O–H groups in total. The van der Waals surface area contributed by atoms with Crippen LogP contribution in [0.3, 0.4) is 0 Å². The number of hydrogen-bond acceptors (Lipinski definition) is 2. The molecule has 0 aliphatic carbocycles. The summed E-state index contributed by atoms with van der Waals surface area (Å²) in [4.78, 5) is 10.5. The molecule has 1 rings (SSSR count). The average Bonchev–Trinajstić information content (AvgIpc) is 2.15. The van der Waals surface area contributed by atoms with Gasteiger partial charge in [-0.25, -0.2) is 5.32 Å². The summed E-state index contributed by atoms with van der Waals surface area (Å²) in [5.74, 6) is 0.206. The first-order valence-corrected chi connectivity index (χ1v) is 3.50. The van der Waals surface area contributed by atoms with E-state index in [2.05, 4.69) is 5.32 Å². The van der Waals surface area contributed by atoms with E-state index in [1.807, 2.05) is 6.92 Å². The third-order valence-electron chi connectivity index (χ3n) is 1.68. The van der Waals surface area contributed by atoms with Gasteiger partial charge in [-0.2, -0.15) is 0 Å². The first-order valence-electron chi connectivity index (χ1n) is 3.50. The van der Waals surface area contributed by atoms with Gasteiger partial charge in [0.2, 0.25) is 0 Å². The molecule has 1 heterocycles. The molecular formula is C7H12NO2. The van der Waals surface area contributed by atoms with E-state index in [1.165, 1.54) is 6.92 Å². The summed E-state index contributed by atoms with van der Waals surface area (Å²) in [5, 5.41) is 4.12. The fraction of sp³-hybridized carbons (Fsp3) is 0.857. The fourth-order valence-corrected chi connectivity index (χ4v) is 1.07. The van der Waals surface area contributed by atoms with Gasteiger partial charge in [-0.15, -0.1) is 0 Å². The lowest BCUT2D eigenvalue weighted by Gasteiger charge is -2.12. The number of rotatable bonds is 1. The van der Waals surface area contributed by atoms with Crippen molar-refractivity contribution in [2.75, 3.05) is 13.1 Å². The fourth-order valence-electron chi connectivity index (χ4n) is 1.07. The molecule has 0 aromatic heterocycles. The summed E-state index contributed by atoms with van der Waals surface area (Å²) in [7, 11) is 0. The van der Waals surface area contributed by atoms with Gasteiger partial charge in [0.25, 0.3) is 0 Å². The van der Waals surface area contributed by atoms with Crippen LogP contribution in [0.1, 0.15) is 13.8 Å². The van der Waals surface area contributed by atoms with Crippen molar-refractivity contribution in [3.63, 3.8) is 0 Å². The normalized spacial score (nSPS) is 32.2. The zero-order chi connectivity index (χ0) is 7.56. The van der Waals surface area contributed by atoms with Gasteiger partial charge < -0.3 is 4.74 Å². The van der Waals surface area contributed by atoms with Crippen LogP contribution in [0.4, 0.5) is 0 Å². The SMILES string of the molecule is CC(=O)OC1C[N]CC1C. The summed E-state index contributed by atoms with van der Waals surface area (Å²) in [5.41, 5.74) is 0. The Kier molecular flexibility index (Phi) is 2.27. The molecule has 0 amide bonds. The summed E-state index contributed by atoms with van der Waals surface area (Å²) in [6.07, 6.45) is 0.0394. The lowest BCUT2D eigenvalue weighted by Crippen LogP contribution is -2.22. The van der Waals surface area contributed by atoms with Gasteiger partial charge in [0.1, 0.15) is 6.10 Å².